The number of sulfonamides is 1. The van der Waals surface area contributed by atoms with E-state index in [0.717, 1.165) is 6.33 Å². The minimum Gasteiger partial charge on any atom is -0.616 e. The van der Waals surface area contributed by atoms with Crippen molar-refractivity contribution in [1.29, 1.82) is 0 Å². The van der Waals surface area contributed by atoms with Gasteiger partial charge < -0.3 is 28.2 Å². The number of aromatic nitrogens is 2. The molecule has 1 unspecified atom stereocenters. The molecule has 14 heteroatoms. The lowest BCUT2D eigenvalue weighted by Gasteiger charge is -2.16. The van der Waals surface area contributed by atoms with Gasteiger partial charge in [-0.15, -0.1) is 0 Å². The van der Waals surface area contributed by atoms with Gasteiger partial charge in [0.15, 0.2) is 17.3 Å². The van der Waals surface area contributed by atoms with E-state index in [0.29, 0.717) is 17.2 Å². The smallest absolute Gasteiger partial charge is 0.263 e. The van der Waals surface area contributed by atoms with Gasteiger partial charge in [0.2, 0.25) is 12.5 Å². The first-order valence-corrected chi connectivity index (χ1v) is 13.6. The van der Waals surface area contributed by atoms with Gasteiger partial charge >= 0.3 is 0 Å². The van der Waals surface area contributed by atoms with Crippen molar-refractivity contribution < 1.29 is 36.7 Å². The Labute approximate surface area is 209 Å². The highest BCUT2D eigenvalue weighted by molar-refractivity contribution is 7.92. The maximum absolute atomic E-state index is 13.1. The second-order valence-corrected chi connectivity index (χ2v) is 10.6. The number of ether oxygens (including phenoxy) is 5. The van der Waals surface area contributed by atoms with E-state index in [1.807, 2.05) is 0 Å². The second kappa shape index (κ2) is 10.6. The van der Waals surface area contributed by atoms with Crippen molar-refractivity contribution in [2.24, 2.45) is 0 Å². The van der Waals surface area contributed by atoms with Crippen molar-refractivity contribution in [3.05, 3.63) is 47.7 Å². The average Bonchev–Trinajstić information content (AvgIpc) is 3.30. The van der Waals surface area contributed by atoms with Crippen LogP contribution in [0.4, 0.5) is 5.82 Å². The van der Waals surface area contributed by atoms with Crippen LogP contribution in [0, 0.1) is 0 Å². The van der Waals surface area contributed by atoms with Crippen molar-refractivity contribution in [2.45, 2.75) is 4.90 Å². The molecule has 0 saturated carbocycles. The van der Waals surface area contributed by atoms with E-state index in [-0.39, 0.29) is 52.3 Å². The fourth-order valence-electron chi connectivity index (χ4n) is 2.91. The molecule has 0 fully saturated rings. The van der Waals surface area contributed by atoms with E-state index in [1.54, 1.807) is 12.1 Å². The Hall–Kier alpha value is -3.13. The minimum absolute atomic E-state index is 0.000701. The number of nitrogens with one attached hydrogen (secondary N) is 1. The number of hydrogen-bond donors (Lipinski definition) is 1. The van der Waals surface area contributed by atoms with Crippen molar-refractivity contribution in [3.63, 3.8) is 0 Å². The quantitative estimate of drug-likeness (QED) is 0.380. The van der Waals surface area contributed by atoms with Crippen molar-refractivity contribution in [2.75, 3.05) is 37.2 Å². The Balaban J connectivity index is 1.70. The molecule has 1 atom stereocenters. The zero-order valence-electron chi connectivity index (χ0n) is 18.5. The molecule has 2 heterocycles. The summed E-state index contributed by atoms with van der Waals surface area (Å²) in [5, 5.41) is 0.222. The molecule has 3 aromatic rings. The Morgan fingerprint density at radius 1 is 1.17 bits per heavy atom. The molecule has 0 bridgehead atoms. The predicted molar refractivity (Wildman–Crippen MR) is 128 cm³/mol. The van der Waals surface area contributed by atoms with Gasteiger partial charge in [0, 0.05) is 12.1 Å². The molecule has 186 valence electrons. The van der Waals surface area contributed by atoms with Crippen LogP contribution in [0.15, 0.2) is 47.6 Å². The number of halogens is 1. The largest absolute Gasteiger partial charge is 0.616 e. The van der Waals surface area contributed by atoms with E-state index >= 15 is 0 Å². The number of nitrogens with zero attached hydrogens (tertiary/aromatic N) is 2. The summed E-state index contributed by atoms with van der Waals surface area (Å²) in [5.41, 5.74) is 0. The van der Waals surface area contributed by atoms with Crippen LogP contribution in [0.25, 0.3) is 0 Å². The summed E-state index contributed by atoms with van der Waals surface area (Å²) in [6.07, 6.45) is 2.64. The van der Waals surface area contributed by atoms with Crippen molar-refractivity contribution in [3.8, 4) is 34.6 Å². The van der Waals surface area contributed by atoms with Gasteiger partial charge in [-0.25, -0.2) is 13.4 Å². The molecular weight excluding hydrogens is 522 g/mol. The molecule has 0 spiro atoms. The predicted octanol–water partition coefficient (Wildman–Crippen LogP) is 3.22. The van der Waals surface area contributed by atoms with E-state index < -0.39 is 21.2 Å². The fourth-order valence-corrected chi connectivity index (χ4v) is 4.41. The van der Waals surface area contributed by atoms with E-state index in [2.05, 4.69) is 14.7 Å². The number of methoxy groups -OCH3 is 1. The second-order valence-electron chi connectivity index (χ2n) is 7.00. The highest BCUT2D eigenvalue weighted by atomic mass is 35.5. The number of benzene rings is 2. The summed E-state index contributed by atoms with van der Waals surface area (Å²) in [6, 6.07) is 8.88. The molecule has 1 aliphatic heterocycles. The molecule has 1 N–H and O–H groups in total. The normalized spacial score (nSPS) is 13.3. The zero-order valence-corrected chi connectivity index (χ0v) is 20.9. The summed E-state index contributed by atoms with van der Waals surface area (Å²) in [5.74, 6) is 1.13. The molecule has 0 aliphatic carbocycles. The molecule has 1 aromatic heterocycles. The van der Waals surface area contributed by atoms with Gasteiger partial charge in [0.1, 0.15) is 30.2 Å². The first kappa shape index (κ1) is 25.0. The monoisotopic (exact) mass is 541 g/mol. The van der Waals surface area contributed by atoms with Crippen LogP contribution in [0.3, 0.4) is 0 Å². The van der Waals surface area contributed by atoms with E-state index in [9.17, 15) is 13.0 Å². The molecule has 2 aromatic carbocycles. The molecule has 35 heavy (non-hydrogen) atoms. The molecule has 4 rings (SSSR count). The van der Waals surface area contributed by atoms with Gasteiger partial charge in [0.25, 0.3) is 15.9 Å². The number of hydrogen-bond acceptors (Lipinski definition) is 10. The van der Waals surface area contributed by atoms with Gasteiger partial charge in [-0.3, -0.25) is 4.72 Å². The number of fused-ring (bicyclic) bond motifs is 1. The molecule has 0 radical (unpaired) electrons. The van der Waals surface area contributed by atoms with E-state index in [1.165, 1.54) is 37.6 Å². The molecule has 0 saturated heterocycles. The Kier molecular flexibility index (Phi) is 7.60. The first-order valence-electron chi connectivity index (χ1n) is 9.98. The summed E-state index contributed by atoms with van der Waals surface area (Å²) < 4.78 is 67.4. The molecule has 11 nitrogen and oxygen atoms in total. The number of anilines is 1. The van der Waals surface area contributed by atoms with Crippen LogP contribution in [-0.4, -0.2) is 55.5 Å². The fraction of sp³-hybridized carbons (Fsp3) is 0.238. The van der Waals surface area contributed by atoms with Gasteiger partial charge in [-0.2, -0.15) is 4.98 Å². The topological polar surface area (TPSA) is 141 Å². The van der Waals surface area contributed by atoms with Gasteiger partial charge in [0.05, 0.1) is 23.3 Å². The highest BCUT2D eigenvalue weighted by Crippen LogP contribution is 2.41. The standard InChI is InChI=1S/C21H20ClN3O8S2/c1-29-13-3-5-15(22)17(9-13)33-19-20(23-11-24-21(19)30-7-8-34(2)26)25-35(27,28)14-4-6-16-18(10-14)32-12-31-16/h3-6,9-11H,7-8,12H2,1-2H3,(H,23,24,25). The Bertz CT molecular complexity index is 1320. The van der Waals surface area contributed by atoms with Crippen LogP contribution < -0.4 is 28.4 Å². The van der Waals surface area contributed by atoms with Crippen LogP contribution in [0.1, 0.15) is 0 Å². The number of rotatable bonds is 10. The van der Waals surface area contributed by atoms with Crippen molar-refractivity contribution in [1.82, 2.24) is 9.97 Å². The average molecular weight is 542 g/mol. The van der Waals surface area contributed by atoms with Gasteiger partial charge in [-0.05, 0) is 24.3 Å². The Morgan fingerprint density at radius 3 is 2.74 bits per heavy atom. The lowest BCUT2D eigenvalue weighted by atomic mass is 10.3. The van der Waals surface area contributed by atoms with Gasteiger partial charge in [-0.1, -0.05) is 22.8 Å². The SMILES string of the molecule is COc1ccc(Cl)c(Oc2c(NS(=O)(=O)c3ccc4c(c3)OCO4)ncnc2OCC[S+](C)[O-])c1. The lowest BCUT2D eigenvalue weighted by molar-refractivity contribution is 0.174. The zero-order chi connectivity index (χ0) is 25.0. The Morgan fingerprint density at radius 2 is 1.97 bits per heavy atom. The third kappa shape index (κ3) is 5.93. The highest BCUT2D eigenvalue weighted by Gasteiger charge is 2.25. The first-order chi connectivity index (χ1) is 16.8. The third-order valence-corrected chi connectivity index (χ3v) is 7.01. The third-order valence-electron chi connectivity index (χ3n) is 4.62. The van der Waals surface area contributed by atoms with Crippen molar-refractivity contribution >= 4 is 38.6 Å². The minimum atomic E-state index is -4.14. The summed E-state index contributed by atoms with van der Waals surface area (Å²) >= 11 is 5.15. The maximum Gasteiger partial charge on any atom is 0.263 e. The molecule has 1 aliphatic rings. The van der Waals surface area contributed by atoms with Crippen LogP contribution in [0.2, 0.25) is 5.02 Å². The van der Waals surface area contributed by atoms with E-state index in [4.69, 9.17) is 35.3 Å². The summed E-state index contributed by atoms with van der Waals surface area (Å²) in [4.78, 5) is 8.00. The van der Waals surface area contributed by atoms with Crippen LogP contribution >= 0.6 is 11.6 Å². The summed E-state index contributed by atoms with van der Waals surface area (Å²) in [6.45, 7) is 0.0391. The van der Waals surface area contributed by atoms with Crippen LogP contribution in [0.5, 0.6) is 34.6 Å². The van der Waals surface area contributed by atoms with Crippen LogP contribution in [-0.2, 0) is 21.2 Å². The summed E-state index contributed by atoms with van der Waals surface area (Å²) in [7, 11) is -2.67. The molecule has 0 amide bonds. The lowest BCUT2D eigenvalue weighted by Crippen LogP contribution is -2.16. The molecular formula is C21H20ClN3O8S2. The maximum atomic E-state index is 13.1.